The summed E-state index contributed by atoms with van der Waals surface area (Å²) in [6.07, 6.45) is -1.36. The maximum atomic E-state index is 10.6. The zero-order valence-electron chi connectivity index (χ0n) is 7.52. The topological polar surface area (TPSA) is 57.5 Å². The van der Waals surface area contributed by atoms with Crippen molar-refractivity contribution in [1.29, 1.82) is 0 Å². The van der Waals surface area contributed by atoms with Crippen molar-refractivity contribution in [2.75, 3.05) is 0 Å². The molecule has 0 fully saturated rings. The van der Waals surface area contributed by atoms with Gasteiger partial charge < -0.3 is 10.2 Å². The molecule has 1 aromatic heterocycles. The fraction of sp³-hybridized carbons (Fsp3) is 0.444. The van der Waals surface area contributed by atoms with Crippen LogP contribution in [0.25, 0.3) is 0 Å². The minimum atomic E-state index is -1.36. The standard InChI is InChI=1S/C9H12O3S/c1-9(2,7(10)8(11)12)6-4-3-5-13-6/h3-5,7,10H,1-2H3,(H,11,12). The number of carboxylic acid groups (broad SMARTS) is 1. The van der Waals surface area contributed by atoms with E-state index in [9.17, 15) is 9.90 Å². The van der Waals surface area contributed by atoms with E-state index in [4.69, 9.17) is 5.11 Å². The molecule has 0 aromatic carbocycles. The van der Waals surface area contributed by atoms with Gasteiger partial charge in [-0.05, 0) is 11.4 Å². The zero-order valence-corrected chi connectivity index (χ0v) is 8.34. The highest BCUT2D eigenvalue weighted by Gasteiger charge is 2.35. The first-order valence-electron chi connectivity index (χ1n) is 3.91. The van der Waals surface area contributed by atoms with Gasteiger partial charge in [-0.25, -0.2) is 4.79 Å². The smallest absolute Gasteiger partial charge is 0.333 e. The molecule has 0 saturated heterocycles. The van der Waals surface area contributed by atoms with E-state index in [2.05, 4.69) is 0 Å². The Hall–Kier alpha value is -0.870. The molecule has 1 heterocycles. The Morgan fingerprint density at radius 1 is 1.62 bits per heavy atom. The lowest BCUT2D eigenvalue weighted by molar-refractivity contribution is -0.150. The van der Waals surface area contributed by atoms with E-state index in [0.717, 1.165) is 4.88 Å². The van der Waals surface area contributed by atoms with Crippen molar-refractivity contribution in [3.8, 4) is 0 Å². The molecule has 0 bridgehead atoms. The first-order chi connectivity index (χ1) is 5.96. The monoisotopic (exact) mass is 200 g/mol. The summed E-state index contributed by atoms with van der Waals surface area (Å²) in [5, 5.41) is 20.0. The second kappa shape index (κ2) is 3.47. The van der Waals surface area contributed by atoms with Crippen molar-refractivity contribution < 1.29 is 15.0 Å². The molecule has 1 unspecified atom stereocenters. The van der Waals surface area contributed by atoms with Crippen molar-refractivity contribution in [3.05, 3.63) is 22.4 Å². The van der Waals surface area contributed by atoms with Gasteiger partial charge in [0, 0.05) is 10.3 Å². The van der Waals surface area contributed by atoms with Crippen LogP contribution in [-0.2, 0) is 10.2 Å². The molecule has 0 aliphatic heterocycles. The summed E-state index contributed by atoms with van der Waals surface area (Å²) < 4.78 is 0. The summed E-state index contributed by atoms with van der Waals surface area (Å²) in [6.45, 7) is 3.44. The number of aliphatic hydroxyl groups excluding tert-OH is 1. The number of thiophene rings is 1. The molecule has 0 saturated carbocycles. The van der Waals surface area contributed by atoms with Crippen LogP contribution < -0.4 is 0 Å². The van der Waals surface area contributed by atoms with E-state index in [1.165, 1.54) is 11.3 Å². The predicted octanol–water partition coefficient (Wildman–Crippen LogP) is 1.47. The molecule has 3 nitrogen and oxygen atoms in total. The Morgan fingerprint density at radius 2 is 2.23 bits per heavy atom. The number of carbonyl (C=O) groups is 1. The van der Waals surface area contributed by atoms with Crippen LogP contribution in [0.15, 0.2) is 17.5 Å². The number of carboxylic acids is 1. The minimum Gasteiger partial charge on any atom is -0.479 e. The van der Waals surface area contributed by atoms with Crippen LogP contribution in [0.2, 0.25) is 0 Å². The highest BCUT2D eigenvalue weighted by atomic mass is 32.1. The fourth-order valence-electron chi connectivity index (χ4n) is 1.09. The summed E-state index contributed by atoms with van der Waals surface area (Å²) >= 11 is 1.45. The van der Waals surface area contributed by atoms with Crippen LogP contribution in [0.1, 0.15) is 18.7 Å². The van der Waals surface area contributed by atoms with Gasteiger partial charge in [-0.15, -0.1) is 11.3 Å². The molecule has 2 N–H and O–H groups in total. The first-order valence-corrected chi connectivity index (χ1v) is 4.79. The number of hydrogen-bond acceptors (Lipinski definition) is 3. The molecule has 72 valence electrons. The lowest BCUT2D eigenvalue weighted by Crippen LogP contribution is -2.39. The van der Waals surface area contributed by atoms with E-state index in [1.807, 2.05) is 17.5 Å². The Kier molecular flexibility index (Phi) is 2.73. The van der Waals surface area contributed by atoms with Crippen molar-refractivity contribution >= 4 is 17.3 Å². The lowest BCUT2D eigenvalue weighted by atomic mass is 9.85. The van der Waals surface area contributed by atoms with Crippen LogP contribution in [0.5, 0.6) is 0 Å². The lowest BCUT2D eigenvalue weighted by Gasteiger charge is -2.26. The highest BCUT2D eigenvalue weighted by Crippen LogP contribution is 2.30. The Bertz CT molecular complexity index is 290. The summed E-state index contributed by atoms with van der Waals surface area (Å²) in [6, 6.07) is 3.67. The molecule has 0 amide bonds. The third-order valence-electron chi connectivity index (χ3n) is 2.07. The quantitative estimate of drug-likeness (QED) is 0.776. The maximum Gasteiger partial charge on any atom is 0.333 e. The van der Waals surface area contributed by atoms with Gasteiger partial charge in [0.05, 0.1) is 0 Å². The summed E-state index contributed by atoms with van der Waals surface area (Å²) in [4.78, 5) is 11.5. The molecule has 0 spiro atoms. The molecule has 1 atom stereocenters. The van der Waals surface area contributed by atoms with Gasteiger partial charge in [-0.3, -0.25) is 0 Å². The summed E-state index contributed by atoms with van der Waals surface area (Å²) in [5.41, 5.74) is -0.722. The van der Waals surface area contributed by atoms with Crippen LogP contribution in [-0.4, -0.2) is 22.3 Å². The van der Waals surface area contributed by atoms with Crippen LogP contribution in [0.3, 0.4) is 0 Å². The Labute approximate surface area is 80.6 Å². The zero-order chi connectivity index (χ0) is 10.1. The largest absolute Gasteiger partial charge is 0.479 e. The van der Waals surface area contributed by atoms with Crippen LogP contribution in [0, 0.1) is 0 Å². The van der Waals surface area contributed by atoms with Gasteiger partial charge in [-0.2, -0.15) is 0 Å². The highest BCUT2D eigenvalue weighted by molar-refractivity contribution is 7.10. The fourth-order valence-corrected chi connectivity index (χ4v) is 1.96. The summed E-state index contributed by atoms with van der Waals surface area (Å²) in [5.74, 6) is -1.18. The molecular formula is C9H12O3S. The van der Waals surface area contributed by atoms with Gasteiger partial charge >= 0.3 is 5.97 Å². The van der Waals surface area contributed by atoms with Crippen LogP contribution >= 0.6 is 11.3 Å². The Morgan fingerprint density at radius 3 is 2.62 bits per heavy atom. The third-order valence-corrected chi connectivity index (χ3v) is 3.28. The van der Waals surface area contributed by atoms with Gasteiger partial charge in [0.1, 0.15) is 0 Å². The van der Waals surface area contributed by atoms with Crippen molar-refractivity contribution in [3.63, 3.8) is 0 Å². The van der Waals surface area contributed by atoms with Crippen molar-refractivity contribution in [1.82, 2.24) is 0 Å². The van der Waals surface area contributed by atoms with Crippen molar-refractivity contribution in [2.45, 2.75) is 25.4 Å². The van der Waals surface area contributed by atoms with Gasteiger partial charge in [0.2, 0.25) is 0 Å². The summed E-state index contributed by atoms with van der Waals surface area (Å²) in [7, 11) is 0. The normalized spacial score (nSPS) is 14.1. The van der Waals surface area contributed by atoms with E-state index in [-0.39, 0.29) is 0 Å². The molecule has 0 radical (unpaired) electrons. The maximum absolute atomic E-state index is 10.6. The third kappa shape index (κ3) is 1.89. The molecule has 1 rings (SSSR count). The number of hydrogen-bond donors (Lipinski definition) is 2. The van der Waals surface area contributed by atoms with E-state index in [0.29, 0.717) is 0 Å². The average molecular weight is 200 g/mol. The molecule has 0 aliphatic rings. The number of rotatable bonds is 3. The minimum absolute atomic E-state index is 0.722. The molecular weight excluding hydrogens is 188 g/mol. The average Bonchev–Trinajstić information content (AvgIpc) is 2.54. The number of aliphatic hydroxyl groups is 1. The van der Waals surface area contributed by atoms with E-state index in [1.54, 1.807) is 13.8 Å². The second-order valence-electron chi connectivity index (χ2n) is 3.44. The van der Waals surface area contributed by atoms with Crippen molar-refractivity contribution in [2.24, 2.45) is 0 Å². The van der Waals surface area contributed by atoms with E-state index >= 15 is 0 Å². The second-order valence-corrected chi connectivity index (χ2v) is 4.39. The first kappa shape index (κ1) is 10.2. The molecule has 13 heavy (non-hydrogen) atoms. The van der Waals surface area contributed by atoms with E-state index < -0.39 is 17.5 Å². The van der Waals surface area contributed by atoms with Gasteiger partial charge in [-0.1, -0.05) is 19.9 Å². The molecule has 0 aliphatic carbocycles. The van der Waals surface area contributed by atoms with Gasteiger partial charge in [0.25, 0.3) is 0 Å². The SMILES string of the molecule is CC(C)(c1cccs1)C(O)C(=O)O. The van der Waals surface area contributed by atoms with Crippen LogP contribution in [0.4, 0.5) is 0 Å². The molecule has 4 heteroatoms. The Balaban J connectivity index is 2.95. The molecule has 1 aromatic rings. The number of aliphatic carboxylic acids is 1. The van der Waals surface area contributed by atoms with Gasteiger partial charge in [0.15, 0.2) is 6.10 Å². The predicted molar refractivity (Wildman–Crippen MR) is 51.0 cm³/mol.